The van der Waals surface area contributed by atoms with Crippen LogP contribution in [-0.2, 0) is 10.3 Å². The minimum atomic E-state index is -0.624. The molecule has 1 N–H and O–H groups in total. The predicted molar refractivity (Wildman–Crippen MR) is 66.1 cm³/mol. The molecular formula is C13H14ClNO2. The van der Waals surface area contributed by atoms with Crippen LogP contribution in [0.5, 0.6) is 5.75 Å². The molecular weight excluding hydrogens is 238 g/mol. The Hall–Kier alpha value is -1.31. The topological polar surface area (TPSA) is 49.7 Å². The molecule has 0 radical (unpaired) electrons. The van der Waals surface area contributed by atoms with Crippen LogP contribution in [0.25, 0.3) is 0 Å². The molecule has 0 atom stereocenters. The largest absolute Gasteiger partial charge is 0.508 e. The van der Waals surface area contributed by atoms with Gasteiger partial charge in [-0.15, -0.1) is 0 Å². The van der Waals surface area contributed by atoms with E-state index in [9.17, 15) is 9.90 Å². The molecule has 0 amide bonds. The Bertz CT molecular complexity index is 486. The normalized spacial score (nSPS) is 17.8. The first kappa shape index (κ1) is 12.2. The van der Waals surface area contributed by atoms with E-state index in [0.29, 0.717) is 10.6 Å². The number of nitrogens with zero attached hydrogens (tertiary/aromatic N) is 1. The summed E-state index contributed by atoms with van der Waals surface area (Å²) >= 11 is 6.08. The number of phenolic OH excluding ortho intramolecular Hbond substituents is 1. The van der Waals surface area contributed by atoms with Crippen molar-refractivity contribution in [3.8, 4) is 5.75 Å². The highest BCUT2D eigenvalue weighted by Gasteiger charge is 2.39. The molecule has 1 aliphatic carbocycles. The van der Waals surface area contributed by atoms with Gasteiger partial charge in [0.1, 0.15) is 11.3 Å². The number of halogens is 1. The zero-order valence-corrected chi connectivity index (χ0v) is 10.4. The third-order valence-electron chi connectivity index (χ3n) is 3.53. The molecule has 17 heavy (non-hydrogen) atoms. The average Bonchev–Trinajstić information content (AvgIpc) is 2.74. The molecule has 0 spiro atoms. The van der Waals surface area contributed by atoms with E-state index >= 15 is 0 Å². The summed E-state index contributed by atoms with van der Waals surface area (Å²) in [6.07, 6.45) is 5.16. The maximum Gasteiger partial charge on any atom is 0.235 e. The van der Waals surface area contributed by atoms with Gasteiger partial charge >= 0.3 is 0 Å². The van der Waals surface area contributed by atoms with Gasteiger partial charge in [-0.2, -0.15) is 4.99 Å². The van der Waals surface area contributed by atoms with Gasteiger partial charge in [-0.3, -0.25) is 0 Å². The number of benzene rings is 1. The van der Waals surface area contributed by atoms with Gasteiger partial charge in [0.15, 0.2) is 0 Å². The van der Waals surface area contributed by atoms with E-state index in [-0.39, 0.29) is 5.75 Å². The van der Waals surface area contributed by atoms with Crippen molar-refractivity contribution in [2.24, 2.45) is 4.99 Å². The lowest BCUT2D eigenvalue weighted by Crippen LogP contribution is -2.20. The minimum Gasteiger partial charge on any atom is -0.508 e. The minimum absolute atomic E-state index is 0.160. The molecule has 0 heterocycles. The van der Waals surface area contributed by atoms with Crippen molar-refractivity contribution in [3.63, 3.8) is 0 Å². The molecule has 0 aliphatic heterocycles. The molecule has 1 fully saturated rings. The fourth-order valence-electron chi connectivity index (χ4n) is 2.72. The molecule has 3 nitrogen and oxygen atoms in total. The molecule has 0 aromatic heterocycles. The van der Waals surface area contributed by atoms with E-state index in [0.717, 1.165) is 31.2 Å². The van der Waals surface area contributed by atoms with E-state index in [1.54, 1.807) is 18.2 Å². The van der Waals surface area contributed by atoms with Crippen LogP contribution < -0.4 is 0 Å². The first-order valence-corrected chi connectivity index (χ1v) is 6.06. The van der Waals surface area contributed by atoms with Gasteiger partial charge in [0.25, 0.3) is 0 Å². The molecule has 1 aliphatic rings. The summed E-state index contributed by atoms with van der Waals surface area (Å²) in [6.45, 7) is 1.85. The lowest BCUT2D eigenvalue weighted by atomic mass is 9.85. The quantitative estimate of drug-likeness (QED) is 0.646. The summed E-state index contributed by atoms with van der Waals surface area (Å²) in [4.78, 5) is 14.6. The maximum absolute atomic E-state index is 10.6. The van der Waals surface area contributed by atoms with Crippen LogP contribution in [0.2, 0.25) is 5.02 Å². The first-order chi connectivity index (χ1) is 8.10. The lowest BCUT2D eigenvalue weighted by molar-refractivity contribution is 0.406. The van der Waals surface area contributed by atoms with Gasteiger partial charge in [0, 0.05) is 10.6 Å². The highest BCUT2D eigenvalue weighted by Crippen LogP contribution is 2.47. The van der Waals surface area contributed by atoms with Crippen LogP contribution in [0, 0.1) is 6.92 Å². The van der Waals surface area contributed by atoms with Gasteiger partial charge in [0.05, 0.1) is 0 Å². The van der Waals surface area contributed by atoms with E-state index in [4.69, 9.17) is 11.6 Å². The first-order valence-electron chi connectivity index (χ1n) is 5.68. The molecule has 0 saturated heterocycles. The molecule has 1 aromatic carbocycles. The number of rotatable bonds is 2. The van der Waals surface area contributed by atoms with Crippen LogP contribution in [0.1, 0.15) is 36.8 Å². The summed E-state index contributed by atoms with van der Waals surface area (Å²) < 4.78 is 0. The second-order valence-corrected chi connectivity index (χ2v) is 4.92. The molecule has 2 rings (SSSR count). The smallest absolute Gasteiger partial charge is 0.235 e. The standard InChI is InChI=1S/C13H14ClNO2/c1-9-10(14)4-5-11(17)12(9)13(15-8-16)6-2-3-7-13/h4-5,17H,2-3,6-7H2,1H3. The average molecular weight is 252 g/mol. The van der Waals surface area contributed by atoms with E-state index in [1.165, 1.54) is 0 Å². The maximum atomic E-state index is 10.6. The Morgan fingerprint density at radius 3 is 2.65 bits per heavy atom. The van der Waals surface area contributed by atoms with Crippen LogP contribution in [0.4, 0.5) is 0 Å². The van der Waals surface area contributed by atoms with Gasteiger partial charge < -0.3 is 5.11 Å². The number of hydrogen-bond donors (Lipinski definition) is 1. The Kier molecular flexibility index (Phi) is 3.23. The summed E-state index contributed by atoms with van der Waals surface area (Å²) in [7, 11) is 0. The van der Waals surface area contributed by atoms with Crippen LogP contribution in [0.15, 0.2) is 17.1 Å². The van der Waals surface area contributed by atoms with E-state index in [2.05, 4.69) is 4.99 Å². The van der Waals surface area contributed by atoms with Gasteiger partial charge in [-0.25, -0.2) is 4.79 Å². The molecule has 0 bridgehead atoms. The summed E-state index contributed by atoms with van der Waals surface area (Å²) in [5, 5.41) is 10.6. The van der Waals surface area contributed by atoms with Crippen molar-refractivity contribution in [3.05, 3.63) is 28.3 Å². The predicted octanol–water partition coefficient (Wildman–Crippen LogP) is 3.46. The van der Waals surface area contributed by atoms with E-state index in [1.807, 2.05) is 6.92 Å². The number of carbonyl (C=O) groups excluding carboxylic acids is 1. The SMILES string of the molecule is Cc1c(Cl)ccc(O)c1C1(N=C=O)CCCC1. The van der Waals surface area contributed by atoms with Crippen molar-refractivity contribution >= 4 is 17.7 Å². The summed E-state index contributed by atoms with van der Waals surface area (Å²) in [6, 6.07) is 3.22. The zero-order chi connectivity index (χ0) is 12.5. The second kappa shape index (κ2) is 4.52. The number of hydrogen-bond acceptors (Lipinski definition) is 3. The van der Waals surface area contributed by atoms with Crippen LogP contribution in [-0.4, -0.2) is 11.2 Å². The second-order valence-electron chi connectivity index (χ2n) is 4.51. The third kappa shape index (κ3) is 1.97. The fraction of sp³-hybridized carbons (Fsp3) is 0.462. The van der Waals surface area contributed by atoms with Gasteiger partial charge in [-0.05, 0) is 37.5 Å². The lowest BCUT2D eigenvalue weighted by Gasteiger charge is -2.26. The number of phenols is 1. The Morgan fingerprint density at radius 2 is 2.06 bits per heavy atom. The van der Waals surface area contributed by atoms with Crippen molar-refractivity contribution < 1.29 is 9.90 Å². The fourth-order valence-corrected chi connectivity index (χ4v) is 2.88. The molecule has 1 aromatic rings. The van der Waals surface area contributed by atoms with Crippen molar-refractivity contribution in [1.29, 1.82) is 0 Å². The highest BCUT2D eigenvalue weighted by atomic mass is 35.5. The van der Waals surface area contributed by atoms with Crippen molar-refractivity contribution in [1.82, 2.24) is 0 Å². The number of isocyanates is 1. The summed E-state index contributed by atoms with van der Waals surface area (Å²) in [5.74, 6) is 0.160. The Labute approximate surface area is 105 Å². The number of aliphatic imine (C=N–C) groups is 1. The van der Waals surface area contributed by atoms with Crippen LogP contribution >= 0.6 is 11.6 Å². The molecule has 90 valence electrons. The van der Waals surface area contributed by atoms with Crippen LogP contribution in [0.3, 0.4) is 0 Å². The molecule has 1 saturated carbocycles. The number of aromatic hydroxyl groups is 1. The zero-order valence-electron chi connectivity index (χ0n) is 9.66. The molecule has 4 heteroatoms. The van der Waals surface area contributed by atoms with Gasteiger partial charge in [-0.1, -0.05) is 24.4 Å². The monoisotopic (exact) mass is 251 g/mol. The highest BCUT2D eigenvalue weighted by molar-refractivity contribution is 6.31. The van der Waals surface area contributed by atoms with Crippen molar-refractivity contribution in [2.75, 3.05) is 0 Å². The Morgan fingerprint density at radius 1 is 1.41 bits per heavy atom. The van der Waals surface area contributed by atoms with E-state index < -0.39 is 5.54 Å². The Balaban J connectivity index is 2.65. The molecule has 0 unspecified atom stereocenters. The van der Waals surface area contributed by atoms with Gasteiger partial charge in [0.2, 0.25) is 6.08 Å². The van der Waals surface area contributed by atoms with Crippen molar-refractivity contribution in [2.45, 2.75) is 38.1 Å². The summed E-state index contributed by atoms with van der Waals surface area (Å²) in [5.41, 5.74) is 0.860. The third-order valence-corrected chi connectivity index (χ3v) is 3.94.